The van der Waals surface area contributed by atoms with Crippen molar-refractivity contribution in [3.05, 3.63) is 58.6 Å². The number of aliphatic hydroxyl groups excluding tert-OH is 1. The molecular weight excluding hydrogens is 314 g/mol. The molecule has 2 heterocycles. The first kappa shape index (κ1) is 16.0. The summed E-state index contributed by atoms with van der Waals surface area (Å²) in [7, 11) is 0. The molecule has 2 aromatic rings. The summed E-state index contributed by atoms with van der Waals surface area (Å²) < 4.78 is 7.26. The van der Waals surface area contributed by atoms with Gasteiger partial charge in [0.15, 0.2) is 0 Å². The molecule has 3 atom stereocenters. The molecule has 0 amide bonds. The minimum absolute atomic E-state index is 0.0693. The molecule has 0 bridgehead atoms. The zero-order valence-corrected chi connectivity index (χ0v) is 13.4. The Balaban J connectivity index is 1.69. The Bertz CT molecular complexity index is 707. The van der Waals surface area contributed by atoms with Crippen molar-refractivity contribution in [1.82, 2.24) is 9.55 Å². The predicted octanol–water partition coefficient (Wildman–Crippen LogP) is 1.41. The summed E-state index contributed by atoms with van der Waals surface area (Å²) in [6.07, 6.45) is 1.53. The van der Waals surface area contributed by atoms with Gasteiger partial charge in [0.2, 0.25) is 0 Å². The van der Waals surface area contributed by atoms with Gasteiger partial charge in [-0.3, -0.25) is 4.57 Å². The van der Waals surface area contributed by atoms with Crippen molar-refractivity contribution >= 4 is 17.6 Å². The van der Waals surface area contributed by atoms with E-state index in [4.69, 9.17) is 10.5 Å². The molecule has 0 aliphatic carbocycles. The van der Waals surface area contributed by atoms with Crippen molar-refractivity contribution in [2.24, 2.45) is 0 Å². The second-order valence-electron chi connectivity index (χ2n) is 5.42. The first-order chi connectivity index (χ1) is 11.2. The summed E-state index contributed by atoms with van der Waals surface area (Å²) in [6, 6.07) is 11.7. The smallest absolute Gasteiger partial charge is 0.351 e. The van der Waals surface area contributed by atoms with E-state index in [0.29, 0.717) is 6.42 Å². The largest absolute Gasteiger partial charge is 0.394 e. The summed E-state index contributed by atoms with van der Waals surface area (Å²) in [5.41, 5.74) is 6.31. The molecule has 3 N–H and O–H groups in total. The molecular formula is C16H19N3O3S. The number of hydrogen-bond acceptors (Lipinski definition) is 6. The first-order valence-electron chi connectivity index (χ1n) is 7.44. The second-order valence-corrected chi connectivity index (χ2v) is 6.65. The molecule has 1 aromatic carbocycles. The highest BCUT2D eigenvalue weighted by molar-refractivity contribution is 7.99. The van der Waals surface area contributed by atoms with E-state index in [-0.39, 0.29) is 23.8 Å². The lowest BCUT2D eigenvalue weighted by Gasteiger charge is -2.15. The number of hydrogen-bond donors (Lipinski definition) is 2. The van der Waals surface area contributed by atoms with Gasteiger partial charge >= 0.3 is 5.69 Å². The van der Waals surface area contributed by atoms with Crippen molar-refractivity contribution in [3.63, 3.8) is 0 Å². The van der Waals surface area contributed by atoms with Gasteiger partial charge in [0, 0.05) is 23.6 Å². The topological polar surface area (TPSA) is 90.4 Å². The highest BCUT2D eigenvalue weighted by Gasteiger charge is 2.36. The summed E-state index contributed by atoms with van der Waals surface area (Å²) in [4.78, 5) is 15.7. The van der Waals surface area contributed by atoms with Gasteiger partial charge in [0.1, 0.15) is 12.0 Å². The van der Waals surface area contributed by atoms with E-state index in [1.165, 1.54) is 10.1 Å². The first-order valence-corrected chi connectivity index (χ1v) is 8.49. The molecule has 1 fully saturated rings. The predicted molar refractivity (Wildman–Crippen MR) is 90.0 cm³/mol. The van der Waals surface area contributed by atoms with Crippen LogP contribution in [0.5, 0.6) is 0 Å². The second kappa shape index (κ2) is 7.16. The SMILES string of the molecule is Nc1ccn([C@H]2C[C@H](SCc3ccccc3)[C@@H](CO)O2)c(=O)n1. The molecule has 0 spiro atoms. The van der Waals surface area contributed by atoms with E-state index >= 15 is 0 Å². The van der Waals surface area contributed by atoms with E-state index in [1.807, 2.05) is 18.2 Å². The van der Waals surface area contributed by atoms with E-state index in [0.717, 1.165) is 5.75 Å². The van der Waals surface area contributed by atoms with Gasteiger partial charge in [0.25, 0.3) is 0 Å². The van der Waals surface area contributed by atoms with Crippen LogP contribution in [0.1, 0.15) is 18.2 Å². The fraction of sp³-hybridized carbons (Fsp3) is 0.375. The van der Waals surface area contributed by atoms with Crippen molar-refractivity contribution < 1.29 is 9.84 Å². The average Bonchev–Trinajstić information content (AvgIpc) is 2.97. The van der Waals surface area contributed by atoms with Crippen molar-refractivity contribution in [1.29, 1.82) is 0 Å². The molecule has 0 saturated carbocycles. The highest BCUT2D eigenvalue weighted by Crippen LogP contribution is 2.36. The normalized spacial score (nSPS) is 24.0. The average molecular weight is 333 g/mol. The van der Waals surface area contributed by atoms with Gasteiger partial charge in [-0.15, -0.1) is 0 Å². The number of benzene rings is 1. The van der Waals surface area contributed by atoms with Crippen LogP contribution in [-0.2, 0) is 10.5 Å². The zero-order chi connectivity index (χ0) is 16.2. The molecule has 0 radical (unpaired) electrons. The monoisotopic (exact) mass is 333 g/mol. The van der Waals surface area contributed by atoms with Gasteiger partial charge < -0.3 is 15.6 Å². The Morgan fingerprint density at radius 3 is 2.83 bits per heavy atom. The van der Waals surface area contributed by atoms with E-state index < -0.39 is 11.9 Å². The van der Waals surface area contributed by atoms with Gasteiger partial charge in [-0.25, -0.2) is 4.79 Å². The maximum atomic E-state index is 11.9. The van der Waals surface area contributed by atoms with Crippen LogP contribution in [0, 0.1) is 0 Å². The van der Waals surface area contributed by atoms with Crippen LogP contribution in [0.3, 0.4) is 0 Å². The lowest BCUT2D eigenvalue weighted by atomic mass is 10.2. The van der Waals surface area contributed by atoms with Gasteiger partial charge in [-0.1, -0.05) is 30.3 Å². The number of anilines is 1. The van der Waals surface area contributed by atoms with Crippen LogP contribution < -0.4 is 11.4 Å². The summed E-state index contributed by atoms with van der Waals surface area (Å²) >= 11 is 1.73. The van der Waals surface area contributed by atoms with Crippen LogP contribution >= 0.6 is 11.8 Å². The number of thioether (sulfide) groups is 1. The van der Waals surface area contributed by atoms with Crippen LogP contribution in [-0.4, -0.2) is 32.6 Å². The molecule has 23 heavy (non-hydrogen) atoms. The fourth-order valence-corrected chi connectivity index (χ4v) is 3.90. The molecule has 1 aliphatic heterocycles. The van der Waals surface area contributed by atoms with Gasteiger partial charge in [0.05, 0.1) is 12.7 Å². The van der Waals surface area contributed by atoms with Crippen molar-refractivity contribution in [3.8, 4) is 0 Å². The molecule has 0 unspecified atom stereocenters. The van der Waals surface area contributed by atoms with E-state index in [9.17, 15) is 9.90 Å². The number of ether oxygens (including phenoxy) is 1. The Labute approximate surface area is 138 Å². The van der Waals surface area contributed by atoms with Gasteiger partial charge in [-0.2, -0.15) is 16.7 Å². The van der Waals surface area contributed by atoms with Crippen LogP contribution in [0.25, 0.3) is 0 Å². The Hall–Kier alpha value is -1.83. The summed E-state index contributed by atoms with van der Waals surface area (Å²) in [6.45, 7) is -0.0693. The van der Waals surface area contributed by atoms with Crippen molar-refractivity contribution in [2.45, 2.75) is 29.8 Å². The lowest BCUT2D eigenvalue weighted by Crippen LogP contribution is -2.27. The van der Waals surface area contributed by atoms with Crippen LogP contribution in [0.4, 0.5) is 5.82 Å². The Kier molecular flexibility index (Phi) is 5.00. The number of nitrogen functional groups attached to an aromatic ring is 1. The fourth-order valence-electron chi connectivity index (χ4n) is 2.63. The number of nitrogens with two attached hydrogens (primary N) is 1. The molecule has 6 nitrogen and oxygen atoms in total. The zero-order valence-electron chi connectivity index (χ0n) is 12.5. The number of nitrogens with zero attached hydrogens (tertiary/aromatic N) is 2. The minimum atomic E-state index is -0.430. The number of aromatic nitrogens is 2. The van der Waals surface area contributed by atoms with E-state index in [1.54, 1.807) is 24.0 Å². The maximum Gasteiger partial charge on any atom is 0.351 e. The Morgan fingerprint density at radius 2 is 2.13 bits per heavy atom. The quantitative estimate of drug-likeness (QED) is 0.860. The van der Waals surface area contributed by atoms with Crippen LogP contribution in [0.2, 0.25) is 0 Å². The maximum absolute atomic E-state index is 11.9. The lowest BCUT2D eigenvalue weighted by molar-refractivity contribution is -0.0236. The third-order valence-electron chi connectivity index (χ3n) is 3.83. The Morgan fingerprint density at radius 1 is 1.35 bits per heavy atom. The van der Waals surface area contributed by atoms with Crippen molar-refractivity contribution in [2.75, 3.05) is 12.3 Å². The van der Waals surface area contributed by atoms with Gasteiger partial charge in [-0.05, 0) is 11.6 Å². The molecule has 1 aromatic heterocycles. The molecule has 1 aliphatic rings. The third-order valence-corrected chi connectivity index (χ3v) is 5.25. The number of rotatable bonds is 5. The molecule has 1 saturated heterocycles. The summed E-state index contributed by atoms with van der Waals surface area (Å²) in [5.74, 6) is 1.03. The molecule has 122 valence electrons. The highest BCUT2D eigenvalue weighted by atomic mass is 32.2. The minimum Gasteiger partial charge on any atom is -0.394 e. The summed E-state index contributed by atoms with van der Waals surface area (Å²) in [5, 5.41) is 9.67. The van der Waals surface area contributed by atoms with E-state index in [2.05, 4.69) is 17.1 Å². The third kappa shape index (κ3) is 3.74. The molecule has 7 heteroatoms. The van der Waals surface area contributed by atoms with Crippen LogP contribution in [0.15, 0.2) is 47.4 Å². The number of aliphatic hydroxyl groups is 1. The molecule has 3 rings (SSSR count). The standard InChI is InChI=1S/C16H19N3O3S/c17-14-6-7-19(16(21)18-14)15-8-13(12(9-20)22-15)23-10-11-4-2-1-3-5-11/h1-7,12-13,15,20H,8-10H2,(H2,17,18,21)/t12-,13+,15-/m1/s1.